The molecule has 1 aromatic heterocycles. The van der Waals surface area contributed by atoms with E-state index in [0.29, 0.717) is 0 Å². The number of halogens is 1. The van der Waals surface area contributed by atoms with Gasteiger partial charge in [-0.25, -0.2) is 18.4 Å². The molecule has 0 aliphatic heterocycles. The van der Waals surface area contributed by atoms with Crippen molar-refractivity contribution >= 4 is 27.9 Å². The summed E-state index contributed by atoms with van der Waals surface area (Å²) in [5.74, 6) is 0. The van der Waals surface area contributed by atoms with Crippen LogP contribution in [0.25, 0.3) is 0 Å². The first-order chi connectivity index (χ1) is 7.46. The number of hydrogen-bond donors (Lipinski definition) is 0. The molecule has 0 aromatic carbocycles. The average molecular weight is 265 g/mol. The van der Waals surface area contributed by atoms with E-state index >= 15 is 0 Å². The van der Waals surface area contributed by atoms with Crippen molar-refractivity contribution in [3.8, 4) is 0 Å². The van der Waals surface area contributed by atoms with Crippen molar-refractivity contribution in [2.75, 3.05) is 12.9 Å². The van der Waals surface area contributed by atoms with E-state index in [0.717, 1.165) is 6.26 Å². The van der Waals surface area contributed by atoms with Crippen LogP contribution >= 0.6 is 11.6 Å². The zero-order valence-corrected chi connectivity index (χ0v) is 9.90. The molecule has 0 fully saturated rings. The van der Waals surface area contributed by atoms with Gasteiger partial charge in [-0.1, -0.05) is 11.6 Å². The molecule has 0 saturated carbocycles. The predicted molar refractivity (Wildman–Crippen MR) is 56.6 cm³/mol. The summed E-state index contributed by atoms with van der Waals surface area (Å²) in [4.78, 5) is 17.4. The number of sulfone groups is 1. The van der Waals surface area contributed by atoms with Gasteiger partial charge >= 0.3 is 0 Å². The smallest absolute Gasteiger partial charge is 0.293 e. The van der Waals surface area contributed by atoms with Crippen LogP contribution in [0.15, 0.2) is 12.5 Å². The fourth-order valence-corrected chi connectivity index (χ4v) is 2.36. The number of hydrogen-bond acceptors (Lipinski definition) is 6. The van der Waals surface area contributed by atoms with Crippen LogP contribution in [0.2, 0.25) is 5.15 Å². The molecule has 0 amide bonds. The Kier molecular flexibility index (Phi) is 4.19. The fraction of sp³-hybridized carbons (Fsp3) is 0.375. The SMILES string of the molecule is CS(=O)(=O)C(COC=O)c1cncnc1Cl. The minimum absolute atomic E-state index is 0.0277. The van der Waals surface area contributed by atoms with Crippen LogP contribution in [0.3, 0.4) is 0 Å². The third-order valence-corrected chi connectivity index (χ3v) is 3.61. The summed E-state index contributed by atoms with van der Waals surface area (Å²) >= 11 is 5.74. The van der Waals surface area contributed by atoms with Crippen molar-refractivity contribution in [2.45, 2.75) is 5.25 Å². The summed E-state index contributed by atoms with van der Waals surface area (Å²) < 4.78 is 27.4. The van der Waals surface area contributed by atoms with E-state index in [2.05, 4.69) is 14.7 Å². The lowest BCUT2D eigenvalue weighted by Crippen LogP contribution is -2.18. The number of nitrogens with zero attached hydrogens (tertiary/aromatic N) is 2. The van der Waals surface area contributed by atoms with Crippen molar-refractivity contribution in [3.05, 3.63) is 23.2 Å². The van der Waals surface area contributed by atoms with Gasteiger partial charge in [0.15, 0.2) is 9.84 Å². The molecule has 0 bridgehead atoms. The molecule has 1 rings (SSSR count). The fourth-order valence-electron chi connectivity index (χ4n) is 1.11. The van der Waals surface area contributed by atoms with Gasteiger partial charge in [0.1, 0.15) is 23.3 Å². The zero-order valence-electron chi connectivity index (χ0n) is 8.33. The van der Waals surface area contributed by atoms with Gasteiger partial charge in [-0.05, 0) is 0 Å². The normalized spacial score (nSPS) is 13.1. The standard InChI is InChI=1S/C8H9ClN2O4S/c1-16(13,14)7(3-15-5-12)6-2-10-4-11-8(6)9/h2,4-5,7H,3H2,1H3. The van der Waals surface area contributed by atoms with Crippen molar-refractivity contribution in [1.82, 2.24) is 9.97 Å². The van der Waals surface area contributed by atoms with Gasteiger partial charge in [0.25, 0.3) is 6.47 Å². The summed E-state index contributed by atoms with van der Waals surface area (Å²) in [6, 6.07) is 0. The van der Waals surface area contributed by atoms with Crippen LogP contribution in [0.5, 0.6) is 0 Å². The third-order valence-electron chi connectivity index (χ3n) is 1.87. The molecule has 1 aromatic rings. The van der Waals surface area contributed by atoms with Crippen LogP contribution in [0, 0.1) is 0 Å². The Bertz CT molecular complexity index is 477. The Labute approximate surface area is 97.5 Å². The molecule has 1 unspecified atom stereocenters. The number of carbonyl (C=O) groups excluding carboxylic acids is 1. The molecule has 1 atom stereocenters. The lowest BCUT2D eigenvalue weighted by molar-refractivity contribution is -0.128. The van der Waals surface area contributed by atoms with Crippen LogP contribution in [-0.2, 0) is 19.4 Å². The van der Waals surface area contributed by atoms with Crippen molar-refractivity contribution < 1.29 is 17.9 Å². The lowest BCUT2D eigenvalue weighted by Gasteiger charge is -2.14. The third kappa shape index (κ3) is 3.14. The summed E-state index contributed by atoms with van der Waals surface area (Å²) in [6.45, 7) is -0.134. The monoisotopic (exact) mass is 264 g/mol. The Balaban J connectivity index is 3.11. The Morgan fingerprint density at radius 3 is 2.81 bits per heavy atom. The molecule has 0 aliphatic rings. The Hall–Kier alpha value is -1.21. The highest BCUT2D eigenvalue weighted by molar-refractivity contribution is 7.91. The average Bonchev–Trinajstić information content (AvgIpc) is 2.19. The highest BCUT2D eigenvalue weighted by Crippen LogP contribution is 2.26. The van der Waals surface area contributed by atoms with Gasteiger partial charge in [0, 0.05) is 18.0 Å². The van der Waals surface area contributed by atoms with Crippen molar-refractivity contribution in [1.29, 1.82) is 0 Å². The maximum atomic E-state index is 11.5. The van der Waals surface area contributed by atoms with Gasteiger partial charge in [0.2, 0.25) is 0 Å². The van der Waals surface area contributed by atoms with Crippen molar-refractivity contribution in [2.24, 2.45) is 0 Å². The van der Waals surface area contributed by atoms with Crippen LogP contribution in [-0.4, -0.2) is 37.7 Å². The van der Waals surface area contributed by atoms with E-state index in [4.69, 9.17) is 11.6 Å². The van der Waals surface area contributed by atoms with E-state index in [9.17, 15) is 13.2 Å². The maximum absolute atomic E-state index is 11.5. The largest absolute Gasteiger partial charge is 0.466 e. The molecule has 6 nitrogen and oxygen atoms in total. The molecule has 0 spiro atoms. The van der Waals surface area contributed by atoms with E-state index in [-0.39, 0.29) is 23.8 Å². The number of rotatable bonds is 5. The molecule has 0 saturated heterocycles. The zero-order chi connectivity index (χ0) is 12.2. The van der Waals surface area contributed by atoms with E-state index < -0.39 is 15.1 Å². The molecule has 0 radical (unpaired) electrons. The first-order valence-corrected chi connectivity index (χ1v) is 6.49. The van der Waals surface area contributed by atoms with E-state index in [1.54, 1.807) is 0 Å². The van der Waals surface area contributed by atoms with Crippen LogP contribution in [0.1, 0.15) is 10.8 Å². The number of ether oxygens (including phenoxy) is 1. The second-order valence-electron chi connectivity index (χ2n) is 3.02. The second kappa shape index (κ2) is 5.22. The Morgan fingerprint density at radius 2 is 2.31 bits per heavy atom. The van der Waals surface area contributed by atoms with Gasteiger partial charge in [-0.3, -0.25) is 4.79 Å². The molecular weight excluding hydrogens is 256 g/mol. The number of aromatic nitrogens is 2. The molecule has 1 heterocycles. The van der Waals surface area contributed by atoms with Gasteiger partial charge < -0.3 is 4.74 Å². The van der Waals surface area contributed by atoms with Crippen LogP contribution < -0.4 is 0 Å². The molecular formula is C8H9ClN2O4S. The summed E-state index contributed by atoms with van der Waals surface area (Å²) in [7, 11) is -3.46. The topological polar surface area (TPSA) is 86.2 Å². The predicted octanol–water partition coefficient (Wildman–Crippen LogP) is 0.389. The Morgan fingerprint density at radius 1 is 1.62 bits per heavy atom. The number of carbonyl (C=O) groups is 1. The lowest BCUT2D eigenvalue weighted by atomic mass is 10.2. The highest BCUT2D eigenvalue weighted by Gasteiger charge is 2.26. The van der Waals surface area contributed by atoms with Gasteiger partial charge in [-0.15, -0.1) is 0 Å². The summed E-state index contributed by atoms with van der Waals surface area (Å²) in [5, 5.41) is -1.02. The van der Waals surface area contributed by atoms with Gasteiger partial charge in [-0.2, -0.15) is 0 Å². The molecule has 8 heteroatoms. The summed E-state index contributed by atoms with van der Waals surface area (Å²) in [5.41, 5.74) is 0.216. The first kappa shape index (κ1) is 12.9. The van der Waals surface area contributed by atoms with Gasteiger partial charge in [0.05, 0.1) is 0 Å². The highest BCUT2D eigenvalue weighted by atomic mass is 35.5. The molecule has 0 N–H and O–H groups in total. The first-order valence-electron chi connectivity index (χ1n) is 4.16. The maximum Gasteiger partial charge on any atom is 0.293 e. The quantitative estimate of drug-likeness (QED) is 0.565. The molecule has 0 aliphatic carbocycles. The molecule has 88 valence electrons. The van der Waals surface area contributed by atoms with Crippen LogP contribution in [0.4, 0.5) is 0 Å². The minimum atomic E-state index is -3.46. The summed E-state index contributed by atoms with van der Waals surface area (Å²) in [6.07, 6.45) is 3.51. The van der Waals surface area contributed by atoms with E-state index in [1.807, 2.05) is 0 Å². The second-order valence-corrected chi connectivity index (χ2v) is 5.60. The van der Waals surface area contributed by atoms with Crippen molar-refractivity contribution in [3.63, 3.8) is 0 Å². The van der Waals surface area contributed by atoms with E-state index in [1.165, 1.54) is 12.5 Å². The molecule has 16 heavy (non-hydrogen) atoms. The minimum Gasteiger partial charge on any atom is -0.466 e.